The van der Waals surface area contributed by atoms with Crippen molar-refractivity contribution in [2.45, 2.75) is 0 Å². The van der Waals surface area contributed by atoms with Gasteiger partial charge in [0.2, 0.25) is 6.41 Å². The van der Waals surface area contributed by atoms with E-state index in [-0.39, 0.29) is 5.75 Å². The third-order valence-electron chi connectivity index (χ3n) is 1.40. The molecular formula is C8H10F3N3O2. The molecule has 0 aliphatic rings. The zero-order valence-corrected chi connectivity index (χ0v) is 8.28. The van der Waals surface area contributed by atoms with Crippen molar-refractivity contribution in [2.24, 2.45) is 5.84 Å². The Morgan fingerprint density at radius 1 is 1.50 bits per heavy atom. The largest absolute Gasteiger partial charge is 0.497 e. The van der Waals surface area contributed by atoms with Crippen LogP contribution in [0.5, 0.6) is 5.75 Å². The first-order valence-corrected chi connectivity index (χ1v) is 3.91. The van der Waals surface area contributed by atoms with Crippen LogP contribution in [-0.4, -0.2) is 13.5 Å². The quantitative estimate of drug-likeness (QED) is 0.271. The summed E-state index contributed by atoms with van der Waals surface area (Å²) in [7, 11) is 1.33. The zero-order valence-electron chi connectivity index (χ0n) is 8.28. The monoisotopic (exact) mass is 237 g/mol. The molecule has 0 radical (unpaired) electrons. The van der Waals surface area contributed by atoms with Crippen LogP contribution in [0.25, 0.3) is 0 Å². The van der Waals surface area contributed by atoms with Gasteiger partial charge in [0.1, 0.15) is 11.4 Å². The van der Waals surface area contributed by atoms with Crippen molar-refractivity contribution in [3.05, 3.63) is 24.0 Å². The fourth-order valence-corrected chi connectivity index (χ4v) is 0.752. The summed E-state index contributed by atoms with van der Waals surface area (Å²) >= 11 is 0. The topological polar surface area (TPSA) is 67.6 Å². The summed E-state index contributed by atoms with van der Waals surface area (Å²) < 4.78 is 40.9. The van der Waals surface area contributed by atoms with Gasteiger partial charge in [-0.3, -0.25) is 10.2 Å². The van der Waals surface area contributed by atoms with Gasteiger partial charge >= 0.3 is 0 Å². The second-order valence-corrected chi connectivity index (χ2v) is 2.33. The van der Waals surface area contributed by atoms with Gasteiger partial charge in [-0.05, 0) is 17.5 Å². The van der Waals surface area contributed by atoms with Gasteiger partial charge < -0.3 is 4.74 Å². The average molecular weight is 237 g/mol. The van der Waals surface area contributed by atoms with Crippen LogP contribution in [0.4, 0.5) is 19.0 Å². The van der Waals surface area contributed by atoms with Crippen molar-refractivity contribution >= 4 is 12.1 Å². The van der Waals surface area contributed by atoms with E-state index in [0.29, 0.717) is 6.41 Å². The number of hydrazine groups is 1. The molecule has 1 amide bonds. The van der Waals surface area contributed by atoms with Crippen LogP contribution in [-0.2, 0) is 4.79 Å². The van der Waals surface area contributed by atoms with Crippen LogP contribution in [0.15, 0.2) is 18.2 Å². The lowest BCUT2D eigenvalue weighted by molar-refractivity contribution is -0.109. The Balaban J connectivity index is 0.000000487. The maximum Gasteiger partial charge on any atom is 0.221 e. The van der Waals surface area contributed by atoms with Crippen molar-refractivity contribution in [3.63, 3.8) is 0 Å². The van der Waals surface area contributed by atoms with E-state index in [1.807, 2.05) is 0 Å². The maximum absolute atomic E-state index is 12.7. The lowest BCUT2D eigenvalue weighted by Gasteiger charge is -2.04. The molecule has 5 nitrogen and oxygen atoms in total. The summed E-state index contributed by atoms with van der Waals surface area (Å²) in [6.07, 6.45) is 0.403. The van der Waals surface area contributed by atoms with Crippen LogP contribution in [0, 0.1) is 5.82 Å². The predicted octanol–water partition coefficient (Wildman–Crippen LogP) is 1.02. The molecule has 8 heteroatoms. The molecule has 90 valence electrons. The highest BCUT2D eigenvalue weighted by Crippen LogP contribution is 2.24. The molecule has 0 aliphatic carbocycles. The summed E-state index contributed by atoms with van der Waals surface area (Å²) in [6, 6.07) is 3.08. The molecule has 0 aliphatic heterocycles. The van der Waals surface area contributed by atoms with Gasteiger partial charge in [0, 0.05) is 6.07 Å². The van der Waals surface area contributed by atoms with E-state index in [4.69, 9.17) is 4.79 Å². The van der Waals surface area contributed by atoms with Gasteiger partial charge in [0.25, 0.3) is 0 Å². The van der Waals surface area contributed by atoms with E-state index in [1.54, 1.807) is 5.43 Å². The molecule has 0 heterocycles. The number of rotatable bonds is 3. The minimum atomic E-state index is -1.28. The van der Waals surface area contributed by atoms with Crippen molar-refractivity contribution < 1.29 is 22.9 Å². The number of nitrogens with two attached hydrogens (primary N) is 1. The molecule has 3 N–H and O–H groups in total. The first-order chi connectivity index (χ1) is 7.56. The van der Waals surface area contributed by atoms with E-state index in [2.05, 4.69) is 10.6 Å². The molecule has 0 saturated carbocycles. The minimum absolute atomic E-state index is 0.207. The molecule has 0 spiro atoms. The number of methoxy groups -OCH3 is 1. The predicted molar refractivity (Wildman–Crippen MR) is 51.0 cm³/mol. The van der Waals surface area contributed by atoms with Gasteiger partial charge in [-0.15, -0.1) is 0 Å². The smallest absolute Gasteiger partial charge is 0.221 e. The molecule has 0 aromatic heterocycles. The van der Waals surface area contributed by atoms with E-state index < -0.39 is 16.8 Å². The Morgan fingerprint density at radius 2 is 2.06 bits per heavy atom. The number of amides is 1. The van der Waals surface area contributed by atoms with Crippen molar-refractivity contribution in [1.82, 2.24) is 5.43 Å². The molecule has 0 saturated heterocycles. The van der Waals surface area contributed by atoms with E-state index in [9.17, 15) is 13.4 Å². The standard InChI is InChI=1S/C7H6F3NO.CH4N2O/c1-12-5-2-3-7(11(9)10)6(8)4-5;2-3-1-4/h2-4H,1H3;1H,2H2,(H,3,4). The molecule has 1 rings (SSSR count). The number of hydrogen-bond acceptors (Lipinski definition) is 4. The first-order valence-electron chi connectivity index (χ1n) is 3.91. The Bertz CT molecular complexity index is 336. The van der Waals surface area contributed by atoms with Gasteiger partial charge in [-0.1, -0.05) is 8.96 Å². The van der Waals surface area contributed by atoms with Crippen LogP contribution in [0.3, 0.4) is 0 Å². The van der Waals surface area contributed by atoms with Gasteiger partial charge in [-0.2, -0.15) is 0 Å². The van der Waals surface area contributed by atoms with Gasteiger partial charge in [-0.25, -0.2) is 10.2 Å². The number of carbonyl (C=O) groups is 1. The zero-order chi connectivity index (χ0) is 12.6. The van der Waals surface area contributed by atoms with Crippen LogP contribution >= 0.6 is 0 Å². The number of carbonyl (C=O) groups excluding carboxylic acids is 1. The van der Waals surface area contributed by atoms with E-state index in [1.165, 1.54) is 13.2 Å². The third kappa shape index (κ3) is 4.51. The molecule has 16 heavy (non-hydrogen) atoms. The number of anilines is 1. The van der Waals surface area contributed by atoms with E-state index in [0.717, 1.165) is 12.1 Å². The van der Waals surface area contributed by atoms with E-state index >= 15 is 0 Å². The average Bonchev–Trinajstić information content (AvgIpc) is 2.28. The highest BCUT2D eigenvalue weighted by Gasteiger charge is 2.10. The Labute approximate surface area is 89.4 Å². The first kappa shape index (κ1) is 14.0. The summed E-state index contributed by atoms with van der Waals surface area (Å²) in [5.74, 6) is 3.60. The third-order valence-corrected chi connectivity index (χ3v) is 1.40. The Morgan fingerprint density at radius 3 is 2.38 bits per heavy atom. The number of nitrogens with one attached hydrogen (secondary N) is 1. The lowest BCUT2D eigenvalue weighted by Crippen LogP contribution is -2.18. The molecule has 0 bridgehead atoms. The summed E-state index contributed by atoms with van der Waals surface area (Å²) in [5.41, 5.74) is 0.982. The van der Waals surface area contributed by atoms with Crippen molar-refractivity contribution in [2.75, 3.05) is 12.5 Å². The van der Waals surface area contributed by atoms with Crippen LogP contribution < -0.4 is 21.3 Å². The number of ether oxygens (including phenoxy) is 1. The lowest BCUT2D eigenvalue weighted by atomic mass is 10.3. The van der Waals surface area contributed by atoms with Gasteiger partial charge in [0.05, 0.1) is 7.11 Å². The highest BCUT2D eigenvalue weighted by molar-refractivity contribution is 5.46. The fraction of sp³-hybridized carbons (Fsp3) is 0.125. The highest BCUT2D eigenvalue weighted by atomic mass is 19.4. The molecule has 0 unspecified atom stereocenters. The Kier molecular flexibility index (Phi) is 6.45. The number of halogens is 3. The summed E-state index contributed by atoms with van der Waals surface area (Å²) in [6.45, 7) is 0. The molecule has 1 aromatic rings. The second kappa shape index (κ2) is 7.35. The molecule has 0 atom stereocenters. The van der Waals surface area contributed by atoms with Crippen LogP contribution in [0.2, 0.25) is 0 Å². The summed E-state index contributed by atoms with van der Waals surface area (Å²) in [4.78, 5) is 8.94. The second-order valence-electron chi connectivity index (χ2n) is 2.33. The fourth-order valence-electron chi connectivity index (χ4n) is 0.752. The molecule has 0 fully saturated rings. The van der Waals surface area contributed by atoms with Crippen molar-refractivity contribution in [3.8, 4) is 5.75 Å². The number of hydrogen-bond donors (Lipinski definition) is 2. The molecular weight excluding hydrogens is 227 g/mol. The maximum atomic E-state index is 12.7. The number of benzene rings is 1. The SMILES string of the molecule is COc1ccc(N(F)F)c(F)c1.NNC=O. The Hall–Kier alpha value is -1.96. The summed E-state index contributed by atoms with van der Waals surface area (Å²) in [5, 5.41) is -1.28. The normalized spacial score (nSPS) is 8.56. The van der Waals surface area contributed by atoms with Gasteiger partial charge in [0.15, 0.2) is 5.82 Å². The van der Waals surface area contributed by atoms with Crippen molar-refractivity contribution in [1.29, 1.82) is 0 Å². The van der Waals surface area contributed by atoms with Crippen LogP contribution in [0.1, 0.15) is 0 Å². The number of nitrogens with zero attached hydrogens (tertiary/aromatic N) is 1. The minimum Gasteiger partial charge on any atom is -0.497 e. The molecule has 1 aromatic carbocycles.